The molecule has 2 aliphatic rings. The lowest BCUT2D eigenvalue weighted by molar-refractivity contribution is 0.0289. The number of fused-ring (bicyclic) bond motifs is 2. The summed E-state index contributed by atoms with van der Waals surface area (Å²) in [5.41, 5.74) is 3.02. The SMILES string of the molecule is COc1ccc(C)cc1N(C(=O)O)C1CC2CCCC(C1)N2CCCCNCc1ccc(Br)cc1. The fraction of sp³-hybridized carbons (Fsp3) is 0.536. The molecule has 2 heterocycles. The number of hydrogen-bond donors (Lipinski definition) is 2. The maximum absolute atomic E-state index is 12.4. The Kier molecular flexibility index (Phi) is 9.09. The summed E-state index contributed by atoms with van der Waals surface area (Å²) in [5, 5.41) is 13.7. The van der Waals surface area contributed by atoms with Crippen molar-refractivity contribution in [2.75, 3.05) is 25.1 Å². The Labute approximate surface area is 217 Å². The van der Waals surface area contributed by atoms with Crippen molar-refractivity contribution < 1.29 is 14.6 Å². The monoisotopic (exact) mass is 543 g/mol. The van der Waals surface area contributed by atoms with Crippen molar-refractivity contribution in [1.29, 1.82) is 0 Å². The van der Waals surface area contributed by atoms with Gasteiger partial charge in [-0.25, -0.2) is 4.79 Å². The predicted octanol–water partition coefficient (Wildman–Crippen LogP) is 6.21. The van der Waals surface area contributed by atoms with E-state index in [1.165, 1.54) is 18.4 Å². The van der Waals surface area contributed by atoms with Gasteiger partial charge in [-0.05, 0) is 93.9 Å². The van der Waals surface area contributed by atoms with Gasteiger partial charge in [-0.3, -0.25) is 9.80 Å². The third-order valence-corrected chi connectivity index (χ3v) is 8.06. The summed E-state index contributed by atoms with van der Waals surface area (Å²) in [7, 11) is 1.61. The standard InChI is InChI=1S/C28H38BrN3O3/c1-20-8-13-27(35-2)26(16-20)32(28(33)34)25-17-23-6-5-7-24(18-25)31(23)15-4-3-14-30-19-21-9-11-22(29)12-10-21/h8-13,16,23-25,30H,3-7,14-15,17-19H2,1-2H3,(H,33,34). The number of benzene rings is 2. The van der Waals surface area contributed by atoms with Crippen LogP contribution in [0.5, 0.6) is 5.75 Å². The number of unbranched alkanes of at least 4 members (excludes halogenated alkanes) is 1. The molecule has 2 bridgehead atoms. The van der Waals surface area contributed by atoms with E-state index >= 15 is 0 Å². The lowest BCUT2D eigenvalue weighted by Crippen LogP contribution is -2.58. The molecule has 2 fully saturated rings. The van der Waals surface area contributed by atoms with Crippen molar-refractivity contribution in [1.82, 2.24) is 10.2 Å². The normalized spacial score (nSPS) is 22.1. The van der Waals surface area contributed by atoms with Gasteiger partial charge in [0.15, 0.2) is 0 Å². The van der Waals surface area contributed by atoms with E-state index in [0.717, 1.165) is 61.8 Å². The van der Waals surface area contributed by atoms with E-state index in [2.05, 4.69) is 50.4 Å². The first-order chi connectivity index (χ1) is 17.0. The Balaban J connectivity index is 1.31. The molecule has 0 saturated carbocycles. The quantitative estimate of drug-likeness (QED) is 0.349. The summed E-state index contributed by atoms with van der Waals surface area (Å²) in [6.45, 7) is 5.01. The average Bonchev–Trinajstić information content (AvgIpc) is 2.82. The molecule has 0 aromatic heterocycles. The predicted molar refractivity (Wildman–Crippen MR) is 144 cm³/mol. The second-order valence-electron chi connectivity index (χ2n) is 9.94. The van der Waals surface area contributed by atoms with Gasteiger partial charge < -0.3 is 15.2 Å². The Morgan fingerprint density at radius 1 is 1.14 bits per heavy atom. The summed E-state index contributed by atoms with van der Waals surface area (Å²) in [6, 6.07) is 15.2. The zero-order valence-electron chi connectivity index (χ0n) is 20.9. The van der Waals surface area contributed by atoms with Gasteiger partial charge in [0.1, 0.15) is 5.75 Å². The maximum atomic E-state index is 12.4. The number of rotatable bonds is 10. The first-order valence-electron chi connectivity index (χ1n) is 12.8. The molecule has 2 aliphatic heterocycles. The zero-order chi connectivity index (χ0) is 24.8. The highest BCUT2D eigenvalue weighted by atomic mass is 79.9. The van der Waals surface area contributed by atoms with Crippen LogP contribution >= 0.6 is 15.9 Å². The molecular formula is C28H38BrN3O3. The molecule has 2 unspecified atom stereocenters. The van der Waals surface area contributed by atoms with Crippen molar-refractivity contribution >= 4 is 27.7 Å². The molecule has 2 atom stereocenters. The zero-order valence-corrected chi connectivity index (χ0v) is 22.5. The number of nitrogens with zero attached hydrogens (tertiary/aromatic N) is 2. The van der Waals surface area contributed by atoms with Crippen LogP contribution in [0.4, 0.5) is 10.5 Å². The highest BCUT2D eigenvalue weighted by Gasteiger charge is 2.42. The van der Waals surface area contributed by atoms with E-state index in [1.54, 1.807) is 12.0 Å². The van der Waals surface area contributed by atoms with E-state index in [1.807, 2.05) is 25.1 Å². The topological polar surface area (TPSA) is 65.0 Å². The number of hydrogen-bond acceptors (Lipinski definition) is 4. The highest BCUT2D eigenvalue weighted by Crippen LogP contribution is 2.40. The van der Waals surface area contributed by atoms with Crippen LogP contribution in [0.1, 0.15) is 56.1 Å². The lowest BCUT2D eigenvalue weighted by Gasteiger charge is -2.50. The lowest BCUT2D eigenvalue weighted by atomic mass is 9.81. The van der Waals surface area contributed by atoms with Gasteiger partial charge in [0, 0.05) is 29.1 Å². The largest absolute Gasteiger partial charge is 0.495 e. The fourth-order valence-electron chi connectivity index (χ4n) is 5.85. The number of anilines is 1. The maximum Gasteiger partial charge on any atom is 0.412 e. The molecule has 4 rings (SSSR count). The molecule has 7 heteroatoms. The Morgan fingerprint density at radius 2 is 1.86 bits per heavy atom. The minimum absolute atomic E-state index is 0.0117. The molecule has 2 saturated heterocycles. The number of methoxy groups -OCH3 is 1. The van der Waals surface area contributed by atoms with Gasteiger partial charge in [-0.15, -0.1) is 0 Å². The molecule has 2 N–H and O–H groups in total. The molecule has 35 heavy (non-hydrogen) atoms. The van der Waals surface area contributed by atoms with E-state index in [0.29, 0.717) is 23.5 Å². The summed E-state index contributed by atoms with van der Waals surface area (Å²) in [4.78, 5) is 16.7. The minimum atomic E-state index is -0.887. The van der Waals surface area contributed by atoms with Gasteiger partial charge in [0.2, 0.25) is 0 Å². The first-order valence-corrected chi connectivity index (χ1v) is 13.6. The summed E-state index contributed by atoms with van der Waals surface area (Å²) >= 11 is 3.48. The summed E-state index contributed by atoms with van der Waals surface area (Å²) in [6.07, 6.45) is 6.77. The molecule has 2 aromatic rings. The van der Waals surface area contributed by atoms with Gasteiger partial charge in [0.25, 0.3) is 0 Å². The summed E-state index contributed by atoms with van der Waals surface area (Å²) in [5.74, 6) is 0.626. The van der Waals surface area contributed by atoms with E-state index in [9.17, 15) is 9.90 Å². The van der Waals surface area contributed by atoms with Gasteiger partial charge >= 0.3 is 6.09 Å². The van der Waals surface area contributed by atoms with E-state index < -0.39 is 6.09 Å². The molecule has 2 aromatic carbocycles. The van der Waals surface area contributed by atoms with Crippen molar-refractivity contribution in [3.8, 4) is 5.75 Å². The van der Waals surface area contributed by atoms with Crippen LogP contribution in [0, 0.1) is 6.92 Å². The van der Waals surface area contributed by atoms with Crippen molar-refractivity contribution in [2.45, 2.75) is 76.5 Å². The fourth-order valence-corrected chi connectivity index (χ4v) is 6.11. The minimum Gasteiger partial charge on any atom is -0.495 e. The van der Waals surface area contributed by atoms with Crippen LogP contribution in [0.15, 0.2) is 46.9 Å². The van der Waals surface area contributed by atoms with Crippen LogP contribution in [0.2, 0.25) is 0 Å². The van der Waals surface area contributed by atoms with Crippen molar-refractivity contribution in [3.63, 3.8) is 0 Å². The highest BCUT2D eigenvalue weighted by molar-refractivity contribution is 9.10. The first kappa shape index (κ1) is 26.0. The van der Waals surface area contributed by atoms with Gasteiger partial charge in [-0.2, -0.15) is 0 Å². The van der Waals surface area contributed by atoms with Crippen LogP contribution in [0.25, 0.3) is 0 Å². The van der Waals surface area contributed by atoms with E-state index in [4.69, 9.17) is 4.74 Å². The molecule has 0 radical (unpaired) electrons. The second-order valence-corrected chi connectivity index (χ2v) is 10.9. The van der Waals surface area contributed by atoms with Crippen LogP contribution < -0.4 is 15.0 Å². The van der Waals surface area contributed by atoms with Gasteiger partial charge in [-0.1, -0.05) is 40.5 Å². The Morgan fingerprint density at radius 3 is 2.51 bits per heavy atom. The van der Waals surface area contributed by atoms with Crippen LogP contribution in [-0.4, -0.2) is 54.4 Å². The number of ether oxygens (including phenoxy) is 1. The molecule has 190 valence electrons. The van der Waals surface area contributed by atoms with E-state index in [-0.39, 0.29) is 6.04 Å². The Hall–Kier alpha value is -2.09. The molecular weight excluding hydrogens is 506 g/mol. The van der Waals surface area contributed by atoms with Crippen molar-refractivity contribution in [3.05, 3.63) is 58.1 Å². The number of nitrogens with one attached hydrogen (secondary N) is 1. The average molecular weight is 545 g/mol. The molecule has 0 aliphatic carbocycles. The second kappa shape index (κ2) is 12.2. The number of aryl methyl sites for hydroxylation is 1. The smallest absolute Gasteiger partial charge is 0.412 e. The number of carboxylic acid groups (broad SMARTS) is 1. The van der Waals surface area contributed by atoms with Crippen LogP contribution in [0.3, 0.4) is 0 Å². The van der Waals surface area contributed by atoms with Crippen molar-refractivity contribution in [2.24, 2.45) is 0 Å². The molecule has 0 spiro atoms. The van der Waals surface area contributed by atoms with Crippen LogP contribution in [-0.2, 0) is 6.54 Å². The summed E-state index contributed by atoms with van der Waals surface area (Å²) < 4.78 is 6.64. The Bertz CT molecular complexity index is 970. The number of halogens is 1. The molecule has 6 nitrogen and oxygen atoms in total. The third-order valence-electron chi connectivity index (χ3n) is 7.53. The number of amides is 1. The number of piperidine rings is 2. The third kappa shape index (κ3) is 6.57. The number of carbonyl (C=O) groups is 1. The van der Waals surface area contributed by atoms with Gasteiger partial charge in [0.05, 0.1) is 12.8 Å². The molecule has 1 amide bonds.